The molecular weight excluding hydrogens is 392 g/mol. The van der Waals surface area contributed by atoms with Gasteiger partial charge in [0.2, 0.25) is 5.91 Å². The molecular formula is C25H30N2O4. The highest BCUT2D eigenvalue weighted by Gasteiger charge is 2.43. The van der Waals surface area contributed by atoms with Gasteiger partial charge in [0, 0.05) is 19.1 Å². The number of carbonyl (C=O) groups is 2. The minimum Gasteiger partial charge on any atom is -0.466 e. The summed E-state index contributed by atoms with van der Waals surface area (Å²) in [6.07, 6.45) is 1.81. The van der Waals surface area contributed by atoms with E-state index in [4.69, 9.17) is 9.47 Å². The number of rotatable bonds is 7. The maximum Gasteiger partial charge on any atom is 0.307 e. The zero-order valence-corrected chi connectivity index (χ0v) is 18.0. The highest BCUT2D eigenvalue weighted by molar-refractivity contribution is 5.78. The Kier molecular flexibility index (Phi) is 6.68. The van der Waals surface area contributed by atoms with Crippen molar-refractivity contribution in [2.75, 3.05) is 26.2 Å². The molecule has 0 radical (unpaired) electrons. The fourth-order valence-electron chi connectivity index (χ4n) is 4.62. The molecule has 1 spiro atoms. The molecule has 2 aromatic carbocycles. The second-order valence-corrected chi connectivity index (χ2v) is 8.17. The molecule has 0 bridgehead atoms. The SMILES string of the molecule is CCOC(=O)CC(NCC(=O)N1CCC2(CC1)OCc1ccccc12)c1ccccc1. The van der Waals surface area contributed by atoms with Gasteiger partial charge in [-0.05, 0) is 36.5 Å². The summed E-state index contributed by atoms with van der Waals surface area (Å²) in [6.45, 7) is 4.31. The first-order chi connectivity index (χ1) is 15.1. The molecule has 0 saturated carbocycles. The number of hydrogen-bond acceptors (Lipinski definition) is 5. The van der Waals surface area contributed by atoms with E-state index in [0.29, 0.717) is 26.3 Å². The number of ether oxygens (including phenoxy) is 2. The largest absolute Gasteiger partial charge is 0.466 e. The van der Waals surface area contributed by atoms with Gasteiger partial charge in [0.25, 0.3) is 0 Å². The molecule has 1 atom stereocenters. The van der Waals surface area contributed by atoms with E-state index in [9.17, 15) is 9.59 Å². The maximum atomic E-state index is 12.9. The van der Waals surface area contributed by atoms with Crippen LogP contribution in [0.2, 0.25) is 0 Å². The van der Waals surface area contributed by atoms with Crippen LogP contribution < -0.4 is 5.32 Å². The van der Waals surface area contributed by atoms with Crippen molar-refractivity contribution in [3.8, 4) is 0 Å². The number of piperidine rings is 1. The third-order valence-corrected chi connectivity index (χ3v) is 6.31. The average molecular weight is 423 g/mol. The van der Waals surface area contributed by atoms with Crippen LogP contribution in [0, 0.1) is 0 Å². The molecule has 1 N–H and O–H groups in total. The molecule has 1 unspecified atom stereocenters. The Morgan fingerprint density at radius 1 is 1.10 bits per heavy atom. The monoisotopic (exact) mass is 422 g/mol. The van der Waals surface area contributed by atoms with Crippen LogP contribution in [0.5, 0.6) is 0 Å². The average Bonchev–Trinajstić information content (AvgIpc) is 3.16. The summed E-state index contributed by atoms with van der Waals surface area (Å²) in [5.41, 5.74) is 3.25. The number of hydrogen-bond donors (Lipinski definition) is 1. The molecule has 164 valence electrons. The summed E-state index contributed by atoms with van der Waals surface area (Å²) in [5, 5.41) is 3.28. The van der Waals surface area contributed by atoms with Crippen molar-refractivity contribution >= 4 is 11.9 Å². The van der Waals surface area contributed by atoms with Crippen molar-refractivity contribution < 1.29 is 19.1 Å². The third kappa shape index (κ3) is 4.81. The first-order valence-corrected chi connectivity index (χ1v) is 11.1. The molecule has 2 aliphatic heterocycles. The van der Waals surface area contributed by atoms with Gasteiger partial charge in [-0.1, -0.05) is 54.6 Å². The van der Waals surface area contributed by atoms with Crippen LogP contribution in [0.25, 0.3) is 0 Å². The van der Waals surface area contributed by atoms with Gasteiger partial charge >= 0.3 is 5.97 Å². The molecule has 6 nitrogen and oxygen atoms in total. The second kappa shape index (κ2) is 9.62. The number of nitrogens with zero attached hydrogens (tertiary/aromatic N) is 1. The Morgan fingerprint density at radius 3 is 2.55 bits per heavy atom. The lowest BCUT2D eigenvalue weighted by atomic mass is 9.84. The third-order valence-electron chi connectivity index (χ3n) is 6.31. The van der Waals surface area contributed by atoms with Crippen molar-refractivity contribution in [1.82, 2.24) is 10.2 Å². The van der Waals surface area contributed by atoms with Crippen LogP contribution >= 0.6 is 0 Å². The molecule has 1 saturated heterocycles. The summed E-state index contributed by atoms with van der Waals surface area (Å²) in [4.78, 5) is 26.8. The zero-order valence-electron chi connectivity index (χ0n) is 18.0. The van der Waals surface area contributed by atoms with E-state index in [1.165, 1.54) is 11.1 Å². The van der Waals surface area contributed by atoms with E-state index in [-0.39, 0.29) is 36.5 Å². The van der Waals surface area contributed by atoms with Crippen molar-refractivity contribution in [1.29, 1.82) is 0 Å². The number of esters is 1. The van der Waals surface area contributed by atoms with E-state index < -0.39 is 0 Å². The number of nitrogens with one attached hydrogen (secondary N) is 1. The number of likely N-dealkylation sites (tertiary alicyclic amines) is 1. The highest BCUT2D eigenvalue weighted by atomic mass is 16.5. The molecule has 6 heteroatoms. The Bertz CT molecular complexity index is 907. The normalized spacial score (nSPS) is 17.9. The first-order valence-electron chi connectivity index (χ1n) is 11.1. The van der Waals surface area contributed by atoms with Gasteiger partial charge in [-0.3, -0.25) is 9.59 Å². The van der Waals surface area contributed by atoms with Gasteiger partial charge in [-0.15, -0.1) is 0 Å². The quantitative estimate of drug-likeness (QED) is 0.694. The zero-order chi connectivity index (χ0) is 21.7. The molecule has 0 aromatic heterocycles. The lowest BCUT2D eigenvalue weighted by Gasteiger charge is -2.39. The van der Waals surface area contributed by atoms with Gasteiger partial charge in [-0.25, -0.2) is 0 Å². The lowest BCUT2D eigenvalue weighted by Crippen LogP contribution is -2.48. The van der Waals surface area contributed by atoms with Crippen LogP contribution in [0.15, 0.2) is 54.6 Å². The lowest BCUT2D eigenvalue weighted by molar-refractivity contribution is -0.144. The molecule has 1 amide bonds. The Morgan fingerprint density at radius 2 is 1.81 bits per heavy atom. The van der Waals surface area contributed by atoms with Crippen molar-refractivity contribution in [3.63, 3.8) is 0 Å². The van der Waals surface area contributed by atoms with E-state index in [2.05, 4.69) is 23.5 Å². The van der Waals surface area contributed by atoms with E-state index in [1.807, 2.05) is 41.3 Å². The molecule has 4 rings (SSSR count). The second-order valence-electron chi connectivity index (χ2n) is 8.17. The highest BCUT2D eigenvalue weighted by Crippen LogP contribution is 2.43. The van der Waals surface area contributed by atoms with Crippen LogP contribution in [0.3, 0.4) is 0 Å². The number of benzene rings is 2. The van der Waals surface area contributed by atoms with Crippen molar-refractivity contribution in [2.24, 2.45) is 0 Å². The minimum absolute atomic E-state index is 0.0472. The smallest absolute Gasteiger partial charge is 0.307 e. The first kappa shape index (κ1) is 21.5. The molecule has 2 aromatic rings. The van der Waals surface area contributed by atoms with Crippen LogP contribution in [0.1, 0.15) is 48.9 Å². The Labute approximate surface area is 183 Å². The topological polar surface area (TPSA) is 67.9 Å². The Balaban J connectivity index is 1.34. The summed E-state index contributed by atoms with van der Waals surface area (Å²) in [5.74, 6) is -0.223. The van der Waals surface area contributed by atoms with Crippen molar-refractivity contribution in [3.05, 3.63) is 71.3 Å². The maximum absolute atomic E-state index is 12.9. The van der Waals surface area contributed by atoms with Gasteiger partial charge in [0.05, 0.1) is 31.8 Å². The molecule has 0 aliphatic carbocycles. The van der Waals surface area contributed by atoms with Crippen LogP contribution in [-0.2, 0) is 31.3 Å². The fourth-order valence-corrected chi connectivity index (χ4v) is 4.62. The summed E-state index contributed by atoms with van der Waals surface area (Å²) < 4.78 is 11.3. The van der Waals surface area contributed by atoms with Gasteiger partial charge in [0.1, 0.15) is 0 Å². The van der Waals surface area contributed by atoms with E-state index in [0.717, 1.165) is 18.4 Å². The number of amides is 1. The predicted octanol–water partition coefficient (Wildman–Crippen LogP) is 3.32. The van der Waals surface area contributed by atoms with Gasteiger partial charge in [-0.2, -0.15) is 0 Å². The number of carbonyl (C=O) groups excluding carboxylic acids is 2. The minimum atomic E-state index is -0.270. The molecule has 31 heavy (non-hydrogen) atoms. The molecule has 2 heterocycles. The van der Waals surface area contributed by atoms with Gasteiger partial charge in [0.15, 0.2) is 0 Å². The van der Waals surface area contributed by atoms with Gasteiger partial charge < -0.3 is 19.7 Å². The van der Waals surface area contributed by atoms with E-state index in [1.54, 1.807) is 6.92 Å². The van der Waals surface area contributed by atoms with Crippen LogP contribution in [0.4, 0.5) is 0 Å². The van der Waals surface area contributed by atoms with E-state index >= 15 is 0 Å². The molecule has 2 aliphatic rings. The summed E-state index contributed by atoms with van der Waals surface area (Å²) in [7, 11) is 0. The van der Waals surface area contributed by atoms with Crippen molar-refractivity contribution in [2.45, 2.75) is 44.4 Å². The summed E-state index contributed by atoms with van der Waals surface area (Å²) in [6, 6.07) is 17.8. The fraction of sp³-hybridized carbons (Fsp3) is 0.440. The predicted molar refractivity (Wildman–Crippen MR) is 117 cm³/mol. The standard InChI is InChI=1S/C25H30N2O4/c1-2-30-24(29)16-22(19-8-4-3-5-9-19)26-17-23(28)27-14-12-25(13-15-27)21-11-7-6-10-20(21)18-31-25/h3-11,22,26H,2,12-18H2,1H3. The van der Waals surface area contributed by atoms with Crippen LogP contribution in [-0.4, -0.2) is 43.0 Å². The molecule has 1 fully saturated rings. The number of fused-ring (bicyclic) bond motifs is 2. The Hall–Kier alpha value is -2.70. The summed E-state index contributed by atoms with van der Waals surface area (Å²) >= 11 is 0.